The molecule has 0 radical (unpaired) electrons. The number of nitrogens with two attached hydrogens (primary N) is 1. The maximum atomic E-state index is 11.8. The van der Waals surface area contributed by atoms with Gasteiger partial charge in [-0.05, 0) is 25.3 Å². The van der Waals surface area contributed by atoms with Crippen LogP contribution in [0.3, 0.4) is 0 Å². The third-order valence-electron chi connectivity index (χ3n) is 2.82. The van der Waals surface area contributed by atoms with E-state index >= 15 is 0 Å². The molecule has 3 N–H and O–H groups in total. The van der Waals surface area contributed by atoms with Crippen molar-refractivity contribution in [1.82, 2.24) is 5.32 Å². The van der Waals surface area contributed by atoms with Crippen molar-refractivity contribution >= 4 is 27.1 Å². The first kappa shape index (κ1) is 15.1. The smallest absolute Gasteiger partial charge is 0.242 e. The van der Waals surface area contributed by atoms with Gasteiger partial charge in [-0.15, -0.1) is 11.3 Å². The zero-order valence-corrected chi connectivity index (χ0v) is 12.3. The number of sulfone groups is 1. The predicted molar refractivity (Wildman–Crippen MR) is 73.2 cm³/mol. The molecule has 0 fully saturated rings. The quantitative estimate of drug-likeness (QED) is 0.835. The van der Waals surface area contributed by atoms with E-state index in [0.717, 1.165) is 11.1 Å². The molecule has 0 spiro atoms. The van der Waals surface area contributed by atoms with Gasteiger partial charge in [0.2, 0.25) is 5.91 Å². The molecule has 1 aromatic heterocycles. The highest BCUT2D eigenvalue weighted by atomic mass is 32.2. The summed E-state index contributed by atoms with van der Waals surface area (Å²) >= 11 is 1.39. The Balaban J connectivity index is 2.62. The molecule has 1 atom stereocenters. The minimum atomic E-state index is -3.23. The first-order valence-corrected chi connectivity index (χ1v) is 8.18. The van der Waals surface area contributed by atoms with Gasteiger partial charge in [-0.2, -0.15) is 0 Å². The van der Waals surface area contributed by atoms with Crippen LogP contribution in [-0.2, 0) is 14.6 Å². The van der Waals surface area contributed by atoms with Gasteiger partial charge in [0, 0.05) is 17.7 Å². The highest BCUT2D eigenvalue weighted by molar-refractivity contribution is 7.92. The van der Waals surface area contributed by atoms with Crippen molar-refractivity contribution < 1.29 is 13.2 Å². The van der Waals surface area contributed by atoms with E-state index < -0.39 is 20.6 Å². The Hall–Kier alpha value is -0.920. The fraction of sp³-hybridized carbons (Fsp3) is 0.545. The molecule has 0 saturated carbocycles. The summed E-state index contributed by atoms with van der Waals surface area (Å²) in [5.41, 5.74) is 5.77. The predicted octanol–water partition coefficient (Wildman–Crippen LogP) is 0.687. The van der Waals surface area contributed by atoms with Crippen molar-refractivity contribution in [3.63, 3.8) is 0 Å². The molecule has 1 aromatic rings. The molecule has 1 heterocycles. The number of carbonyl (C=O) groups excluding carboxylic acids is 1. The summed E-state index contributed by atoms with van der Waals surface area (Å²) in [4.78, 5) is 12.5. The van der Waals surface area contributed by atoms with Crippen molar-refractivity contribution in [3.05, 3.63) is 22.4 Å². The minimum Gasteiger partial charge on any atom is -0.353 e. The van der Waals surface area contributed by atoms with Gasteiger partial charge in [0.05, 0.1) is 4.75 Å². The summed E-state index contributed by atoms with van der Waals surface area (Å²) in [7, 11) is -3.23. The summed E-state index contributed by atoms with van der Waals surface area (Å²) in [5.74, 6) is -0.367. The zero-order valence-electron chi connectivity index (χ0n) is 10.6. The van der Waals surface area contributed by atoms with E-state index in [4.69, 9.17) is 5.73 Å². The summed E-state index contributed by atoms with van der Waals surface area (Å²) in [6.45, 7) is 3.18. The van der Waals surface area contributed by atoms with Gasteiger partial charge in [-0.25, -0.2) is 8.42 Å². The molecule has 1 unspecified atom stereocenters. The number of amides is 1. The molecule has 0 saturated heterocycles. The van der Waals surface area contributed by atoms with Crippen LogP contribution >= 0.6 is 11.3 Å². The van der Waals surface area contributed by atoms with Gasteiger partial charge in [0.15, 0.2) is 9.84 Å². The van der Waals surface area contributed by atoms with E-state index in [1.165, 1.54) is 11.3 Å². The Labute approximate surface area is 111 Å². The van der Waals surface area contributed by atoms with Crippen molar-refractivity contribution in [2.24, 2.45) is 5.73 Å². The molecule has 5 nitrogen and oxygen atoms in total. The largest absolute Gasteiger partial charge is 0.353 e. The second kappa shape index (κ2) is 5.38. The van der Waals surface area contributed by atoms with Crippen molar-refractivity contribution in [2.75, 3.05) is 12.8 Å². The van der Waals surface area contributed by atoms with Gasteiger partial charge in [-0.3, -0.25) is 4.79 Å². The summed E-state index contributed by atoms with van der Waals surface area (Å²) in [6.07, 6.45) is 1.15. The highest BCUT2D eigenvalue weighted by Crippen LogP contribution is 2.18. The summed E-state index contributed by atoms with van der Waals surface area (Å²) in [5, 5.41) is 4.42. The number of hydrogen-bond donors (Lipinski definition) is 2. The zero-order chi connectivity index (χ0) is 14.0. The van der Waals surface area contributed by atoms with Crippen LogP contribution in [-0.4, -0.2) is 31.9 Å². The monoisotopic (exact) mass is 290 g/mol. The van der Waals surface area contributed by atoms with Gasteiger partial charge in [0.1, 0.15) is 6.04 Å². The van der Waals surface area contributed by atoms with Crippen LogP contribution in [0.5, 0.6) is 0 Å². The average Bonchev–Trinajstić information content (AvgIpc) is 2.76. The van der Waals surface area contributed by atoms with Gasteiger partial charge >= 0.3 is 0 Å². The van der Waals surface area contributed by atoms with E-state index in [0.29, 0.717) is 0 Å². The Morgan fingerprint density at radius 2 is 2.17 bits per heavy atom. The molecule has 18 heavy (non-hydrogen) atoms. The SMILES string of the molecule is CC(C)(CNC(=O)C(N)c1cccs1)S(C)(=O)=O. The molecule has 0 aliphatic heterocycles. The number of carbonyl (C=O) groups is 1. The maximum absolute atomic E-state index is 11.8. The van der Waals surface area contributed by atoms with Crippen LogP contribution in [0.2, 0.25) is 0 Å². The lowest BCUT2D eigenvalue weighted by atomic mass is 10.2. The average molecular weight is 290 g/mol. The van der Waals surface area contributed by atoms with E-state index in [1.54, 1.807) is 19.9 Å². The van der Waals surface area contributed by atoms with E-state index in [2.05, 4.69) is 5.32 Å². The first-order valence-electron chi connectivity index (χ1n) is 5.41. The Kier molecular flexibility index (Phi) is 4.52. The topological polar surface area (TPSA) is 89.3 Å². The molecular formula is C11H18N2O3S2. The van der Waals surface area contributed by atoms with Crippen LogP contribution in [0.15, 0.2) is 17.5 Å². The molecule has 1 rings (SSSR count). The third-order valence-corrected chi connectivity index (χ3v) is 5.93. The van der Waals surface area contributed by atoms with Crippen molar-refractivity contribution in [3.8, 4) is 0 Å². The number of thiophene rings is 1. The molecule has 1 amide bonds. The van der Waals surface area contributed by atoms with Gasteiger partial charge in [-0.1, -0.05) is 6.07 Å². The Morgan fingerprint density at radius 1 is 1.56 bits per heavy atom. The van der Waals surface area contributed by atoms with Crippen molar-refractivity contribution in [1.29, 1.82) is 0 Å². The molecule has 0 bridgehead atoms. The maximum Gasteiger partial charge on any atom is 0.242 e. The molecular weight excluding hydrogens is 272 g/mol. The first-order chi connectivity index (χ1) is 8.15. The summed E-state index contributed by atoms with van der Waals surface area (Å²) < 4.78 is 22.0. The lowest BCUT2D eigenvalue weighted by molar-refractivity contribution is -0.122. The summed E-state index contributed by atoms with van der Waals surface area (Å²) in [6, 6.07) is 2.84. The number of nitrogens with one attached hydrogen (secondary N) is 1. The molecule has 0 aliphatic carbocycles. The number of rotatable bonds is 5. The van der Waals surface area contributed by atoms with Crippen LogP contribution in [0.25, 0.3) is 0 Å². The lowest BCUT2D eigenvalue weighted by Crippen LogP contribution is -2.46. The van der Waals surface area contributed by atoms with Crippen LogP contribution in [0.1, 0.15) is 24.8 Å². The van der Waals surface area contributed by atoms with E-state index in [-0.39, 0.29) is 12.5 Å². The molecule has 0 aromatic carbocycles. The van der Waals surface area contributed by atoms with E-state index in [9.17, 15) is 13.2 Å². The normalized spacial score (nSPS) is 14.2. The van der Waals surface area contributed by atoms with Crippen LogP contribution in [0, 0.1) is 0 Å². The Bertz CT molecular complexity index is 506. The fourth-order valence-corrected chi connectivity index (χ4v) is 2.20. The molecule has 7 heteroatoms. The van der Waals surface area contributed by atoms with Crippen molar-refractivity contribution in [2.45, 2.75) is 24.6 Å². The second-order valence-corrected chi connectivity index (χ2v) is 8.37. The lowest BCUT2D eigenvalue weighted by Gasteiger charge is -2.23. The van der Waals surface area contributed by atoms with Gasteiger partial charge in [0.25, 0.3) is 0 Å². The standard InChI is InChI=1S/C11H18N2O3S2/c1-11(2,18(3,15)16)7-13-10(14)9(12)8-5-4-6-17-8/h4-6,9H,7,12H2,1-3H3,(H,13,14). The van der Waals surface area contributed by atoms with Crippen LogP contribution < -0.4 is 11.1 Å². The minimum absolute atomic E-state index is 0.0454. The van der Waals surface area contributed by atoms with Crippen LogP contribution in [0.4, 0.5) is 0 Å². The van der Waals surface area contributed by atoms with E-state index in [1.807, 2.05) is 11.4 Å². The Morgan fingerprint density at radius 3 is 2.61 bits per heavy atom. The second-order valence-electron chi connectivity index (χ2n) is 4.74. The highest BCUT2D eigenvalue weighted by Gasteiger charge is 2.31. The third kappa shape index (κ3) is 3.54. The molecule has 102 valence electrons. The molecule has 0 aliphatic rings. The fourth-order valence-electron chi connectivity index (χ4n) is 1.14. The van der Waals surface area contributed by atoms with Gasteiger partial charge < -0.3 is 11.1 Å². The number of hydrogen-bond acceptors (Lipinski definition) is 5.